The van der Waals surface area contributed by atoms with E-state index in [-0.39, 0.29) is 23.0 Å². The Balaban J connectivity index is -0.000000749. The summed E-state index contributed by atoms with van der Waals surface area (Å²) in [6.45, 7) is 13.5. The third-order valence-electron chi connectivity index (χ3n) is 2.98. The van der Waals surface area contributed by atoms with Crippen LogP contribution in [-0.4, -0.2) is 19.0 Å². The Labute approximate surface area is 168 Å². The Bertz CT molecular complexity index is 734. The van der Waals surface area contributed by atoms with Crippen LogP contribution in [0, 0.1) is 30.1 Å². The number of anilines is 1. The Hall–Kier alpha value is -2.87. The summed E-state index contributed by atoms with van der Waals surface area (Å²) in [6, 6.07) is 14.7. The fraction of sp³-hybridized carbons (Fsp3) is 0.105. The summed E-state index contributed by atoms with van der Waals surface area (Å²) in [6.07, 6.45) is 3.93. The van der Waals surface area contributed by atoms with Gasteiger partial charge in [-0.25, -0.2) is 0 Å². The molecule has 0 aliphatic carbocycles. The monoisotopic (exact) mass is 404 g/mol. The molecule has 0 amide bonds. The molecule has 0 fully saturated rings. The Morgan fingerprint density at radius 2 is 1.15 bits per heavy atom. The number of hydrogen-bond acceptors (Lipinski definition) is 3. The molecule has 0 saturated carbocycles. The van der Waals surface area contributed by atoms with Gasteiger partial charge >= 0.3 is 33.9 Å². The quantitative estimate of drug-likeness (QED) is 0.255. The summed E-state index contributed by atoms with van der Waals surface area (Å²) < 4.78 is 22.5. The van der Waals surface area contributed by atoms with Crippen LogP contribution in [0.5, 0.6) is 0 Å². The van der Waals surface area contributed by atoms with E-state index in [1.807, 2.05) is 43.3 Å². The maximum absolute atomic E-state index is 10.6. The van der Waals surface area contributed by atoms with E-state index in [0.29, 0.717) is 0 Å². The van der Waals surface area contributed by atoms with Crippen molar-refractivity contribution in [1.82, 2.24) is 0 Å². The summed E-state index contributed by atoms with van der Waals surface area (Å²) in [5.74, 6) is 0. The van der Waals surface area contributed by atoms with Gasteiger partial charge in [0.15, 0.2) is 0 Å². The zero-order chi connectivity index (χ0) is 20.5. The van der Waals surface area contributed by atoms with E-state index >= 15 is 0 Å². The average Bonchev–Trinajstić information content (AvgIpc) is 2.71. The summed E-state index contributed by atoms with van der Waals surface area (Å²) in [4.78, 5) is 12.2. The number of benzene rings is 2. The molecule has 0 unspecified atom stereocenters. The van der Waals surface area contributed by atoms with E-state index in [0.717, 1.165) is 16.8 Å². The van der Waals surface area contributed by atoms with Gasteiger partial charge in [-0.15, -0.1) is 0 Å². The van der Waals surface area contributed by atoms with E-state index in [9.17, 15) is 10.1 Å². The van der Waals surface area contributed by atoms with E-state index in [1.54, 1.807) is 12.1 Å². The first-order valence-electron chi connectivity index (χ1n) is 6.87. The third kappa shape index (κ3) is 11.4. The molecule has 138 valence electrons. The first-order chi connectivity index (χ1) is 12.6. The first-order valence-corrected chi connectivity index (χ1v) is 6.87. The third-order valence-corrected chi connectivity index (χ3v) is 2.98. The van der Waals surface area contributed by atoms with Crippen molar-refractivity contribution in [3.63, 3.8) is 0 Å². The van der Waals surface area contributed by atoms with Crippen LogP contribution in [0.3, 0.4) is 0 Å². The molecule has 2 aromatic carbocycles. The molecule has 0 atom stereocenters. The van der Waals surface area contributed by atoms with Crippen LogP contribution < -0.4 is 4.90 Å². The SMILES string of the molecule is CN(C)c1ccc(C=Cc2ccc([N+](=O)[O-])cc2)cc1.[C-]#[O+].[C-]#[O+].[C-]#[O+].[Cr]. The summed E-state index contributed by atoms with van der Waals surface area (Å²) in [5.41, 5.74) is 3.29. The smallest absolute Gasteiger partial charge is 0 e. The maximum Gasteiger partial charge on any atom is 0 e. The molecule has 27 heavy (non-hydrogen) atoms. The minimum atomic E-state index is -0.395. The van der Waals surface area contributed by atoms with Gasteiger partial charge in [-0.05, 0) is 35.4 Å². The van der Waals surface area contributed by atoms with Crippen molar-refractivity contribution in [3.8, 4) is 0 Å². The van der Waals surface area contributed by atoms with E-state index in [1.165, 1.54) is 12.1 Å². The molecule has 0 bridgehead atoms. The standard InChI is InChI=1S/C16H16N2O2.3CO.Cr/c1-17(2)15-9-5-13(6-10-15)3-4-14-7-11-16(12-8-14)18(19)20;3*1-2;/h3-12H,1-2H3;;;;. The van der Waals surface area contributed by atoms with E-state index < -0.39 is 4.92 Å². The van der Waals surface area contributed by atoms with Crippen LogP contribution in [-0.2, 0) is 31.3 Å². The minimum Gasteiger partial charge on any atom is 0 e. The second kappa shape index (κ2) is 17.9. The van der Waals surface area contributed by atoms with Crippen LogP contribution in [0.1, 0.15) is 11.1 Å². The summed E-state index contributed by atoms with van der Waals surface area (Å²) in [7, 11) is 4.00. The number of nitrogens with zero attached hydrogens (tertiary/aromatic N) is 2. The molecule has 8 heteroatoms. The molecule has 0 spiro atoms. The predicted octanol–water partition coefficient (Wildman–Crippen LogP) is 3.72. The largest absolute Gasteiger partial charge is 0 e. The summed E-state index contributed by atoms with van der Waals surface area (Å²) in [5, 5.41) is 10.6. The molecule has 0 heterocycles. The van der Waals surface area contributed by atoms with Crippen molar-refractivity contribution in [2.45, 2.75) is 0 Å². The van der Waals surface area contributed by atoms with Crippen molar-refractivity contribution in [1.29, 1.82) is 0 Å². The van der Waals surface area contributed by atoms with Gasteiger partial charge in [-0.2, -0.15) is 0 Å². The molecule has 0 aliphatic heterocycles. The number of non-ortho nitro benzene ring substituents is 1. The van der Waals surface area contributed by atoms with Crippen molar-refractivity contribution < 1.29 is 36.2 Å². The fourth-order valence-electron chi connectivity index (χ4n) is 1.78. The molecule has 0 aliphatic rings. The van der Waals surface area contributed by atoms with E-state index in [4.69, 9.17) is 14.0 Å². The number of rotatable bonds is 4. The fourth-order valence-corrected chi connectivity index (χ4v) is 1.78. The first kappa shape index (κ1) is 28.9. The zero-order valence-electron chi connectivity index (χ0n) is 14.6. The van der Waals surface area contributed by atoms with Crippen LogP contribution in [0.4, 0.5) is 11.4 Å². The van der Waals surface area contributed by atoms with Crippen LogP contribution >= 0.6 is 0 Å². The zero-order valence-corrected chi connectivity index (χ0v) is 15.9. The number of nitro benzene ring substituents is 1. The Morgan fingerprint density at radius 1 is 0.815 bits per heavy atom. The molecule has 0 aromatic heterocycles. The van der Waals surface area contributed by atoms with Gasteiger partial charge in [0.25, 0.3) is 5.69 Å². The summed E-state index contributed by atoms with van der Waals surface area (Å²) >= 11 is 0. The minimum absolute atomic E-state index is 0. The molecular formula is C19H16CrN2O5. The van der Waals surface area contributed by atoms with Crippen molar-refractivity contribution in [2.24, 2.45) is 0 Å². The Morgan fingerprint density at radius 3 is 1.44 bits per heavy atom. The second-order valence-corrected chi connectivity index (χ2v) is 4.67. The van der Waals surface area contributed by atoms with Gasteiger partial charge < -0.3 is 4.90 Å². The number of hydrogen-bond donors (Lipinski definition) is 0. The van der Waals surface area contributed by atoms with Gasteiger partial charge in [0, 0.05) is 49.3 Å². The molecule has 7 nitrogen and oxygen atoms in total. The molecular weight excluding hydrogens is 388 g/mol. The average molecular weight is 404 g/mol. The van der Waals surface area contributed by atoms with Gasteiger partial charge in [0.1, 0.15) is 0 Å². The van der Waals surface area contributed by atoms with E-state index in [2.05, 4.69) is 32.1 Å². The molecule has 0 saturated heterocycles. The normalized spacial score (nSPS) is 8.15. The van der Waals surface area contributed by atoms with Crippen molar-refractivity contribution >= 4 is 23.5 Å². The van der Waals surface area contributed by atoms with Crippen LogP contribution in [0.2, 0.25) is 0 Å². The molecule has 2 aromatic rings. The molecule has 0 radical (unpaired) electrons. The second-order valence-electron chi connectivity index (χ2n) is 4.67. The van der Waals surface area contributed by atoms with Gasteiger partial charge in [-0.1, -0.05) is 24.3 Å². The number of nitro groups is 1. The van der Waals surface area contributed by atoms with Gasteiger partial charge in [0.05, 0.1) is 4.92 Å². The Kier molecular flexibility index (Phi) is 19.2. The van der Waals surface area contributed by atoms with Gasteiger partial charge in [0.2, 0.25) is 0 Å². The van der Waals surface area contributed by atoms with Gasteiger partial charge in [-0.3, -0.25) is 10.1 Å². The predicted molar refractivity (Wildman–Crippen MR) is 94.6 cm³/mol. The van der Waals surface area contributed by atoms with Crippen molar-refractivity contribution in [3.05, 3.63) is 89.7 Å². The topological polar surface area (TPSA) is 106 Å². The van der Waals surface area contributed by atoms with Crippen LogP contribution in [0.15, 0.2) is 48.5 Å². The maximum atomic E-state index is 10.6. The van der Waals surface area contributed by atoms with Crippen molar-refractivity contribution in [2.75, 3.05) is 19.0 Å². The molecule has 2 rings (SSSR count). The molecule has 0 N–H and O–H groups in total. The van der Waals surface area contributed by atoms with Crippen LogP contribution in [0.25, 0.3) is 12.2 Å².